The summed E-state index contributed by atoms with van der Waals surface area (Å²) in [5.41, 5.74) is 9.95. The maximum absolute atomic E-state index is 6.84. The molecule has 0 saturated heterocycles. The summed E-state index contributed by atoms with van der Waals surface area (Å²) in [7, 11) is 0. The van der Waals surface area contributed by atoms with Gasteiger partial charge in [0.05, 0.1) is 0 Å². The van der Waals surface area contributed by atoms with Gasteiger partial charge >= 0.3 is 0 Å². The summed E-state index contributed by atoms with van der Waals surface area (Å²) in [4.78, 5) is 0. The van der Waals surface area contributed by atoms with Crippen LogP contribution in [0.25, 0.3) is 0 Å². The third kappa shape index (κ3) is 2.58. The van der Waals surface area contributed by atoms with E-state index in [4.69, 9.17) is 5.73 Å². The summed E-state index contributed by atoms with van der Waals surface area (Å²) >= 11 is 0. The van der Waals surface area contributed by atoms with Crippen molar-refractivity contribution >= 4 is 0 Å². The Hall–Kier alpha value is -0.820. The normalized spacial score (nSPS) is 34.8. The first-order valence-corrected chi connectivity index (χ1v) is 8.07. The first-order chi connectivity index (χ1) is 9.21. The van der Waals surface area contributed by atoms with E-state index in [1.807, 2.05) is 0 Å². The lowest BCUT2D eigenvalue weighted by atomic mass is 9.65. The molecule has 104 valence electrons. The van der Waals surface area contributed by atoms with Crippen LogP contribution in [0.15, 0.2) is 24.3 Å². The Morgan fingerprint density at radius 1 is 1.11 bits per heavy atom. The van der Waals surface area contributed by atoms with E-state index in [2.05, 4.69) is 31.2 Å². The number of rotatable bonds is 2. The van der Waals surface area contributed by atoms with Gasteiger partial charge in [-0.05, 0) is 55.1 Å². The van der Waals surface area contributed by atoms with E-state index >= 15 is 0 Å². The molecule has 1 atom stereocenters. The lowest BCUT2D eigenvalue weighted by molar-refractivity contribution is 0.155. The number of aryl methyl sites for hydroxylation is 1. The minimum absolute atomic E-state index is 0.0765. The summed E-state index contributed by atoms with van der Waals surface area (Å²) < 4.78 is 0. The van der Waals surface area contributed by atoms with E-state index in [-0.39, 0.29) is 5.54 Å². The molecular weight excluding hydrogens is 230 g/mol. The van der Waals surface area contributed by atoms with Crippen molar-refractivity contribution in [2.24, 2.45) is 17.6 Å². The van der Waals surface area contributed by atoms with Gasteiger partial charge in [0.15, 0.2) is 0 Å². The second kappa shape index (κ2) is 5.28. The first-order valence-electron chi connectivity index (χ1n) is 8.07. The van der Waals surface area contributed by atoms with Gasteiger partial charge in [-0.2, -0.15) is 0 Å². The molecule has 3 rings (SSSR count). The molecule has 1 saturated carbocycles. The fourth-order valence-electron chi connectivity index (χ4n) is 4.28. The van der Waals surface area contributed by atoms with E-state index in [0.717, 1.165) is 18.3 Å². The Kier molecular flexibility index (Phi) is 3.66. The van der Waals surface area contributed by atoms with Crippen LogP contribution in [0.4, 0.5) is 0 Å². The molecule has 0 bridgehead atoms. The van der Waals surface area contributed by atoms with E-state index in [9.17, 15) is 0 Å². The van der Waals surface area contributed by atoms with Crippen LogP contribution in [-0.4, -0.2) is 5.54 Å². The van der Waals surface area contributed by atoms with Crippen LogP contribution in [0.5, 0.6) is 0 Å². The monoisotopic (exact) mass is 257 g/mol. The van der Waals surface area contributed by atoms with Gasteiger partial charge in [-0.1, -0.05) is 50.5 Å². The van der Waals surface area contributed by atoms with Crippen LogP contribution in [0, 0.1) is 11.8 Å². The maximum Gasteiger partial charge on any atom is 0.0226 e. The van der Waals surface area contributed by atoms with Crippen LogP contribution in [0.2, 0.25) is 0 Å². The van der Waals surface area contributed by atoms with Crippen LogP contribution in [0.3, 0.4) is 0 Å². The predicted molar refractivity (Wildman–Crippen MR) is 81.1 cm³/mol. The van der Waals surface area contributed by atoms with Gasteiger partial charge in [-0.25, -0.2) is 0 Å². The SMILES string of the molecule is CCC1CCC(C2(N)CCc3ccccc3C2)CC1. The highest BCUT2D eigenvalue weighted by Gasteiger charge is 2.39. The molecule has 1 heteroatoms. The second-order valence-electron chi connectivity index (χ2n) is 6.80. The minimum Gasteiger partial charge on any atom is -0.325 e. The highest BCUT2D eigenvalue weighted by Crippen LogP contribution is 2.41. The van der Waals surface area contributed by atoms with Crippen LogP contribution >= 0.6 is 0 Å². The summed E-state index contributed by atoms with van der Waals surface area (Å²) in [6.07, 6.45) is 10.3. The zero-order chi connectivity index (χ0) is 13.3. The maximum atomic E-state index is 6.84. The highest BCUT2D eigenvalue weighted by molar-refractivity contribution is 5.32. The van der Waals surface area contributed by atoms with Gasteiger partial charge in [0, 0.05) is 5.54 Å². The molecule has 0 amide bonds. The Balaban J connectivity index is 1.72. The molecule has 1 unspecified atom stereocenters. The Bertz CT molecular complexity index is 431. The lowest BCUT2D eigenvalue weighted by Gasteiger charge is -2.44. The molecule has 1 fully saturated rings. The molecule has 1 aromatic carbocycles. The second-order valence-corrected chi connectivity index (χ2v) is 6.80. The molecular formula is C18H27N. The van der Waals surface area contributed by atoms with Gasteiger partial charge in [0.1, 0.15) is 0 Å². The van der Waals surface area contributed by atoms with Crippen molar-refractivity contribution < 1.29 is 0 Å². The molecule has 2 aliphatic rings. The van der Waals surface area contributed by atoms with E-state index in [0.29, 0.717) is 0 Å². The van der Waals surface area contributed by atoms with Crippen LogP contribution < -0.4 is 5.73 Å². The number of hydrogen-bond donors (Lipinski definition) is 1. The fourth-order valence-corrected chi connectivity index (χ4v) is 4.28. The zero-order valence-corrected chi connectivity index (χ0v) is 12.2. The third-order valence-corrected chi connectivity index (χ3v) is 5.73. The van der Waals surface area contributed by atoms with E-state index in [1.165, 1.54) is 56.1 Å². The summed E-state index contributed by atoms with van der Waals surface area (Å²) in [5.74, 6) is 1.72. The third-order valence-electron chi connectivity index (χ3n) is 5.73. The van der Waals surface area contributed by atoms with E-state index in [1.54, 1.807) is 0 Å². The number of hydrogen-bond acceptors (Lipinski definition) is 1. The predicted octanol–water partition coefficient (Wildman–Crippen LogP) is 4.09. The summed E-state index contributed by atoms with van der Waals surface area (Å²) in [6.45, 7) is 2.33. The average molecular weight is 257 g/mol. The minimum atomic E-state index is 0.0765. The van der Waals surface area contributed by atoms with Crippen LogP contribution in [0.1, 0.15) is 56.6 Å². The molecule has 1 aromatic rings. The number of nitrogens with two attached hydrogens (primary N) is 1. The van der Waals surface area contributed by atoms with Crippen molar-refractivity contribution in [1.29, 1.82) is 0 Å². The molecule has 0 aromatic heterocycles. The first kappa shape index (κ1) is 13.2. The quantitative estimate of drug-likeness (QED) is 0.848. The van der Waals surface area contributed by atoms with Crippen molar-refractivity contribution in [2.75, 3.05) is 0 Å². The molecule has 1 nitrogen and oxygen atoms in total. The van der Waals surface area contributed by atoms with Crippen molar-refractivity contribution in [2.45, 2.75) is 63.8 Å². The topological polar surface area (TPSA) is 26.0 Å². The van der Waals surface area contributed by atoms with Gasteiger partial charge in [0.25, 0.3) is 0 Å². The highest BCUT2D eigenvalue weighted by atomic mass is 14.8. The Morgan fingerprint density at radius 2 is 1.79 bits per heavy atom. The summed E-state index contributed by atoms with van der Waals surface area (Å²) in [6, 6.07) is 8.89. The Labute approximate surface area is 117 Å². The van der Waals surface area contributed by atoms with Gasteiger partial charge in [-0.3, -0.25) is 0 Å². The largest absolute Gasteiger partial charge is 0.325 e. The molecule has 2 N–H and O–H groups in total. The summed E-state index contributed by atoms with van der Waals surface area (Å²) in [5, 5.41) is 0. The van der Waals surface area contributed by atoms with Crippen molar-refractivity contribution in [3.8, 4) is 0 Å². The van der Waals surface area contributed by atoms with Crippen molar-refractivity contribution in [3.63, 3.8) is 0 Å². The van der Waals surface area contributed by atoms with Crippen molar-refractivity contribution in [1.82, 2.24) is 0 Å². The van der Waals surface area contributed by atoms with Gasteiger partial charge in [-0.15, -0.1) is 0 Å². The molecule has 19 heavy (non-hydrogen) atoms. The van der Waals surface area contributed by atoms with Crippen LogP contribution in [-0.2, 0) is 12.8 Å². The fraction of sp³-hybridized carbons (Fsp3) is 0.667. The number of fused-ring (bicyclic) bond motifs is 1. The molecule has 0 radical (unpaired) electrons. The molecule has 0 aliphatic heterocycles. The molecule has 0 spiro atoms. The standard InChI is InChI=1S/C18H27N/c1-2-14-7-9-17(10-8-14)18(19)12-11-15-5-3-4-6-16(15)13-18/h3-6,14,17H,2,7-13,19H2,1H3. The van der Waals surface area contributed by atoms with Gasteiger partial charge < -0.3 is 5.73 Å². The zero-order valence-electron chi connectivity index (χ0n) is 12.2. The molecule has 2 aliphatic carbocycles. The smallest absolute Gasteiger partial charge is 0.0226 e. The average Bonchev–Trinajstić information content (AvgIpc) is 2.47. The molecule has 0 heterocycles. The lowest BCUT2D eigenvalue weighted by Crippen LogP contribution is -2.52. The van der Waals surface area contributed by atoms with E-state index < -0.39 is 0 Å². The number of benzene rings is 1. The Morgan fingerprint density at radius 3 is 2.47 bits per heavy atom. The van der Waals surface area contributed by atoms with Crippen molar-refractivity contribution in [3.05, 3.63) is 35.4 Å². The van der Waals surface area contributed by atoms with Gasteiger partial charge in [0.2, 0.25) is 0 Å².